The first-order chi connectivity index (χ1) is 35.7. The molecular formula is C67H52N4O2. The maximum absolute atomic E-state index is 6.33. The van der Waals surface area contributed by atoms with Crippen LogP contribution >= 0.6 is 0 Å². The normalized spacial score (nSPS) is 13.4. The van der Waals surface area contributed by atoms with E-state index in [-0.39, 0.29) is 0 Å². The number of hydrogen-bond donors (Lipinski definition) is 0. The van der Waals surface area contributed by atoms with Crippen molar-refractivity contribution in [2.24, 2.45) is 0 Å². The molecule has 2 heterocycles. The predicted octanol–water partition coefficient (Wildman–Crippen LogP) is 16.5. The molecular weight excluding hydrogens is 893 g/mol. The zero-order valence-corrected chi connectivity index (χ0v) is 41.3. The average molecular weight is 945 g/mol. The van der Waals surface area contributed by atoms with Crippen LogP contribution < -0.4 is 0 Å². The van der Waals surface area contributed by atoms with E-state index in [2.05, 4.69) is 242 Å². The van der Waals surface area contributed by atoms with Crippen LogP contribution in [0.15, 0.2) is 227 Å². The third kappa shape index (κ3) is 8.82. The van der Waals surface area contributed by atoms with Crippen LogP contribution in [0, 0.1) is 27.7 Å². The molecule has 0 bridgehead atoms. The summed E-state index contributed by atoms with van der Waals surface area (Å²) in [5.41, 5.74) is 22.0. The van der Waals surface area contributed by atoms with E-state index in [0.717, 1.165) is 68.5 Å². The van der Waals surface area contributed by atoms with Gasteiger partial charge < -0.3 is 8.83 Å². The van der Waals surface area contributed by atoms with Gasteiger partial charge in [0, 0.05) is 22.3 Å². The van der Waals surface area contributed by atoms with Gasteiger partial charge in [0.05, 0.1) is 5.41 Å². The van der Waals surface area contributed by atoms with E-state index in [9.17, 15) is 0 Å². The molecule has 0 amide bonds. The number of allylic oxidation sites excluding steroid dienone is 8. The summed E-state index contributed by atoms with van der Waals surface area (Å²) in [6, 6.07) is 69.5. The summed E-state index contributed by atoms with van der Waals surface area (Å²) in [5.74, 6) is 1.90. The van der Waals surface area contributed by atoms with E-state index in [1.165, 1.54) is 55.7 Å². The molecule has 10 aromatic rings. The van der Waals surface area contributed by atoms with Crippen LogP contribution in [0.4, 0.5) is 0 Å². The Labute approximate surface area is 426 Å². The third-order valence-corrected chi connectivity index (χ3v) is 14.4. The van der Waals surface area contributed by atoms with Crippen LogP contribution in [0.3, 0.4) is 0 Å². The van der Waals surface area contributed by atoms with Gasteiger partial charge in [-0.05, 0) is 156 Å². The highest BCUT2D eigenvalue weighted by atomic mass is 16.4. The molecule has 352 valence electrons. The van der Waals surface area contributed by atoms with Gasteiger partial charge in [-0.1, -0.05) is 192 Å². The minimum atomic E-state index is -0.790. The molecule has 2 aliphatic rings. The lowest BCUT2D eigenvalue weighted by Crippen LogP contribution is -2.31. The van der Waals surface area contributed by atoms with Crippen LogP contribution in [0.1, 0.15) is 79.6 Å². The van der Waals surface area contributed by atoms with Gasteiger partial charge in [-0.3, -0.25) is 0 Å². The fourth-order valence-electron chi connectivity index (χ4n) is 10.6. The zero-order valence-electron chi connectivity index (χ0n) is 41.3. The van der Waals surface area contributed by atoms with Crippen molar-refractivity contribution in [3.8, 4) is 45.8 Å². The Bertz CT molecular complexity index is 3560. The molecule has 0 N–H and O–H groups in total. The van der Waals surface area contributed by atoms with Crippen LogP contribution in [-0.4, -0.2) is 20.4 Å². The van der Waals surface area contributed by atoms with Gasteiger partial charge in [-0.2, -0.15) is 0 Å². The predicted molar refractivity (Wildman–Crippen MR) is 295 cm³/mol. The van der Waals surface area contributed by atoms with Gasteiger partial charge in [0.25, 0.3) is 0 Å². The van der Waals surface area contributed by atoms with Crippen molar-refractivity contribution in [2.45, 2.75) is 46.0 Å². The minimum Gasteiger partial charge on any atom is -0.416 e. The Morgan fingerprint density at radius 1 is 0.288 bits per heavy atom. The highest BCUT2D eigenvalue weighted by Gasteiger charge is 2.39. The summed E-state index contributed by atoms with van der Waals surface area (Å²) in [6.07, 6.45) is 10.8. The monoisotopic (exact) mass is 944 g/mol. The molecule has 0 saturated carbocycles. The second-order valence-corrected chi connectivity index (χ2v) is 19.5. The molecule has 0 saturated heterocycles. The molecule has 0 aliphatic heterocycles. The Hall–Kier alpha value is -9.00. The number of benzene rings is 8. The summed E-state index contributed by atoms with van der Waals surface area (Å²) >= 11 is 0. The third-order valence-electron chi connectivity index (χ3n) is 14.4. The lowest BCUT2D eigenvalue weighted by atomic mass is 9.64. The molecule has 6 nitrogen and oxygen atoms in total. The van der Waals surface area contributed by atoms with Gasteiger partial charge in [0.2, 0.25) is 23.6 Å². The topological polar surface area (TPSA) is 77.8 Å². The highest BCUT2D eigenvalue weighted by molar-refractivity contribution is 5.88. The Morgan fingerprint density at radius 2 is 0.548 bits per heavy atom. The van der Waals surface area contributed by atoms with E-state index < -0.39 is 5.41 Å². The van der Waals surface area contributed by atoms with Gasteiger partial charge in [-0.15, -0.1) is 20.4 Å². The van der Waals surface area contributed by atoms with Crippen molar-refractivity contribution in [1.82, 2.24) is 20.4 Å². The maximum atomic E-state index is 6.33. The first-order valence-electron chi connectivity index (χ1n) is 24.9. The lowest BCUT2D eigenvalue weighted by Gasteiger charge is -2.37. The zero-order chi connectivity index (χ0) is 49.5. The summed E-state index contributed by atoms with van der Waals surface area (Å²) in [5, 5.41) is 18.0. The van der Waals surface area contributed by atoms with Crippen molar-refractivity contribution in [1.29, 1.82) is 0 Å². The molecule has 8 aromatic carbocycles. The van der Waals surface area contributed by atoms with E-state index in [1.807, 2.05) is 24.3 Å². The van der Waals surface area contributed by atoms with Crippen molar-refractivity contribution < 1.29 is 8.83 Å². The quantitative estimate of drug-likeness (QED) is 0.114. The van der Waals surface area contributed by atoms with E-state index >= 15 is 0 Å². The summed E-state index contributed by atoms with van der Waals surface area (Å²) in [7, 11) is 0. The Morgan fingerprint density at radius 3 is 0.863 bits per heavy atom. The molecule has 73 heavy (non-hydrogen) atoms. The number of hydrogen-bond acceptors (Lipinski definition) is 6. The van der Waals surface area contributed by atoms with Crippen LogP contribution in [0.25, 0.3) is 68.1 Å². The molecule has 2 aliphatic carbocycles. The standard InChI is InChI=1S/C67H52N4O2/c1-43-9-5-13-51(37-43)55-19-17-53(41-55)47-21-29-59(30-22-47)67(60-31-23-48(24-32-60)54-18-20-56(42-54)52-14-6-10-44(2)38-52,61-33-25-49(26-34-61)63-68-70-65(72-63)57-15-7-11-45(3)39-57)62-35-27-50(28-36-62)64-69-71-66(73-64)58-16-8-12-46(4)40-58/h5-40H,41-42H2,1-4H3. The second kappa shape index (κ2) is 19.0. The van der Waals surface area contributed by atoms with Crippen molar-refractivity contribution in [3.05, 3.63) is 285 Å². The maximum Gasteiger partial charge on any atom is 0.248 e. The van der Waals surface area contributed by atoms with Crippen LogP contribution in [0.2, 0.25) is 0 Å². The van der Waals surface area contributed by atoms with E-state index in [4.69, 9.17) is 8.83 Å². The van der Waals surface area contributed by atoms with Gasteiger partial charge in [0.15, 0.2) is 0 Å². The molecule has 6 heteroatoms. The number of nitrogens with zero attached hydrogens (tertiary/aromatic N) is 4. The molecule has 12 rings (SSSR count). The molecule has 2 aromatic heterocycles. The molecule has 0 fully saturated rings. The first kappa shape index (κ1) is 45.2. The Kier molecular flexibility index (Phi) is 11.7. The van der Waals surface area contributed by atoms with Crippen LogP contribution in [0.5, 0.6) is 0 Å². The molecule has 0 unspecified atom stereocenters. The Balaban J connectivity index is 0.965. The smallest absolute Gasteiger partial charge is 0.248 e. The fourth-order valence-corrected chi connectivity index (χ4v) is 10.6. The molecule has 0 spiro atoms. The second-order valence-electron chi connectivity index (χ2n) is 19.5. The largest absolute Gasteiger partial charge is 0.416 e. The first-order valence-corrected chi connectivity index (χ1v) is 24.9. The number of rotatable bonds is 12. The van der Waals surface area contributed by atoms with E-state index in [0.29, 0.717) is 23.6 Å². The van der Waals surface area contributed by atoms with E-state index in [1.54, 1.807) is 0 Å². The summed E-state index contributed by atoms with van der Waals surface area (Å²) in [6.45, 7) is 8.43. The highest BCUT2D eigenvalue weighted by Crippen LogP contribution is 2.48. The molecule has 0 atom stereocenters. The van der Waals surface area contributed by atoms with Crippen molar-refractivity contribution in [3.63, 3.8) is 0 Å². The van der Waals surface area contributed by atoms with Crippen molar-refractivity contribution in [2.75, 3.05) is 0 Å². The van der Waals surface area contributed by atoms with Gasteiger partial charge >= 0.3 is 0 Å². The number of aromatic nitrogens is 4. The summed E-state index contributed by atoms with van der Waals surface area (Å²) < 4.78 is 12.7. The minimum absolute atomic E-state index is 0.461. The van der Waals surface area contributed by atoms with Gasteiger partial charge in [-0.25, -0.2) is 0 Å². The lowest BCUT2D eigenvalue weighted by molar-refractivity contribution is 0.584. The number of aryl methyl sites for hydroxylation is 4. The average Bonchev–Trinajstić information content (AvgIpc) is 4.29. The molecule has 0 radical (unpaired) electrons. The summed E-state index contributed by atoms with van der Waals surface area (Å²) in [4.78, 5) is 0. The van der Waals surface area contributed by atoms with Crippen molar-refractivity contribution >= 4 is 22.3 Å². The fraction of sp³-hybridized carbons (Fsp3) is 0.104. The van der Waals surface area contributed by atoms with Gasteiger partial charge in [0.1, 0.15) is 0 Å². The SMILES string of the molecule is Cc1cccc(C2=CC=C(c3ccc(C(c4ccc(C5=CC=C(c6cccc(C)c6)C5)cc4)(c4ccc(-c5nnc(-c6cccc(C)c6)o5)cc4)c4ccc(-c5nnc(-c6cccc(C)c6)o5)cc4)cc3)C2)c1. The van der Waals surface area contributed by atoms with Crippen LogP contribution in [-0.2, 0) is 5.41 Å².